The molecule has 3 aromatic rings. The van der Waals surface area contributed by atoms with Gasteiger partial charge in [0, 0.05) is 6.54 Å². The molecular formula is C29H41N5. The Hall–Kier alpha value is -2.58. The number of fused-ring (bicyclic) bond motifs is 3. The molecule has 1 unspecified atom stereocenters. The van der Waals surface area contributed by atoms with Gasteiger partial charge in [0.25, 0.3) is 0 Å². The van der Waals surface area contributed by atoms with Crippen LogP contribution in [0, 0.1) is 18.3 Å². The van der Waals surface area contributed by atoms with E-state index in [9.17, 15) is 5.26 Å². The van der Waals surface area contributed by atoms with Crippen LogP contribution in [0.4, 0.5) is 5.82 Å². The van der Waals surface area contributed by atoms with Gasteiger partial charge in [-0.25, -0.2) is 4.98 Å². The molecule has 3 heterocycles. The number of imidazole rings is 1. The molecule has 34 heavy (non-hydrogen) atoms. The second kappa shape index (κ2) is 11.2. The maximum Gasteiger partial charge on any atom is 0.157 e. The van der Waals surface area contributed by atoms with Crippen LogP contribution in [-0.2, 0) is 6.42 Å². The molecule has 1 atom stereocenters. The fourth-order valence-electron chi connectivity index (χ4n) is 5.73. The van der Waals surface area contributed by atoms with Crippen molar-refractivity contribution < 1.29 is 0 Å². The molecule has 1 saturated heterocycles. The minimum Gasteiger partial charge on any atom is -0.342 e. The summed E-state index contributed by atoms with van der Waals surface area (Å²) in [7, 11) is 4.36. The van der Waals surface area contributed by atoms with Crippen LogP contribution in [0.5, 0.6) is 0 Å². The quantitative estimate of drug-likeness (QED) is 0.295. The Morgan fingerprint density at radius 3 is 2.47 bits per heavy atom. The molecule has 0 radical (unpaired) electrons. The van der Waals surface area contributed by atoms with Gasteiger partial charge in [0.2, 0.25) is 0 Å². The minimum atomic E-state index is 0.369. The topological polar surface area (TPSA) is 47.6 Å². The first-order chi connectivity index (χ1) is 16.6. The lowest BCUT2D eigenvalue weighted by Gasteiger charge is -2.34. The van der Waals surface area contributed by atoms with E-state index in [2.05, 4.69) is 66.4 Å². The molecule has 182 valence electrons. The van der Waals surface area contributed by atoms with E-state index in [-0.39, 0.29) is 0 Å². The number of unbranched alkanes of at least 4 members (excludes halogenated alkanes) is 7. The summed E-state index contributed by atoms with van der Waals surface area (Å²) in [5.74, 6) is 1.26. The van der Waals surface area contributed by atoms with Gasteiger partial charge in [-0.05, 0) is 70.0 Å². The lowest BCUT2D eigenvalue weighted by molar-refractivity contribution is 0.299. The third-order valence-corrected chi connectivity index (χ3v) is 7.58. The first-order valence-corrected chi connectivity index (χ1v) is 13.3. The zero-order valence-corrected chi connectivity index (χ0v) is 21.6. The molecule has 2 aromatic heterocycles. The maximum atomic E-state index is 10.1. The standard InChI is InChI=1S/C29H41N5/c1-5-6-7-8-9-10-11-12-16-23-22(2)24(21-30)28-31-25-17-13-14-18-26(25)34(28)29(23)33-20-15-19-27(33)32(3)4/h13-14,17-18,27H,5-12,15-16,19-20H2,1-4H3. The van der Waals surface area contributed by atoms with Crippen molar-refractivity contribution in [2.75, 3.05) is 25.5 Å². The average molecular weight is 460 g/mol. The molecule has 0 bridgehead atoms. The summed E-state index contributed by atoms with van der Waals surface area (Å²) in [6.45, 7) is 5.46. The van der Waals surface area contributed by atoms with Crippen molar-refractivity contribution in [3.8, 4) is 6.07 Å². The van der Waals surface area contributed by atoms with E-state index in [1.807, 2.05) is 6.07 Å². The lowest BCUT2D eigenvalue weighted by Crippen LogP contribution is -2.42. The van der Waals surface area contributed by atoms with E-state index in [1.54, 1.807) is 0 Å². The number of pyridine rings is 1. The normalized spacial score (nSPS) is 16.2. The fourth-order valence-corrected chi connectivity index (χ4v) is 5.73. The number of aromatic nitrogens is 2. The van der Waals surface area contributed by atoms with Gasteiger partial charge >= 0.3 is 0 Å². The monoisotopic (exact) mass is 459 g/mol. The summed E-state index contributed by atoms with van der Waals surface area (Å²) >= 11 is 0. The van der Waals surface area contributed by atoms with Crippen LogP contribution in [0.15, 0.2) is 24.3 Å². The van der Waals surface area contributed by atoms with Gasteiger partial charge in [0.05, 0.1) is 22.8 Å². The number of benzene rings is 1. The molecule has 5 nitrogen and oxygen atoms in total. The van der Waals surface area contributed by atoms with Gasteiger partial charge in [0.15, 0.2) is 5.65 Å². The third kappa shape index (κ3) is 4.79. The highest BCUT2D eigenvalue weighted by atomic mass is 15.4. The molecule has 1 aliphatic rings. The van der Waals surface area contributed by atoms with Crippen molar-refractivity contribution in [2.24, 2.45) is 0 Å². The Morgan fingerprint density at radius 2 is 1.76 bits per heavy atom. The Labute approximate surface area is 205 Å². The molecular weight excluding hydrogens is 418 g/mol. The average Bonchev–Trinajstić information content (AvgIpc) is 3.46. The molecule has 1 fully saturated rings. The zero-order valence-electron chi connectivity index (χ0n) is 21.6. The molecule has 5 heteroatoms. The van der Waals surface area contributed by atoms with Crippen LogP contribution in [0.25, 0.3) is 16.7 Å². The van der Waals surface area contributed by atoms with Crippen molar-refractivity contribution in [1.29, 1.82) is 5.26 Å². The van der Waals surface area contributed by atoms with Crippen LogP contribution in [0.3, 0.4) is 0 Å². The van der Waals surface area contributed by atoms with E-state index in [0.717, 1.165) is 47.2 Å². The summed E-state index contributed by atoms with van der Waals surface area (Å²) in [5.41, 5.74) is 6.06. The molecule has 0 N–H and O–H groups in total. The van der Waals surface area contributed by atoms with E-state index in [1.165, 1.54) is 69.2 Å². The van der Waals surface area contributed by atoms with Crippen molar-refractivity contribution in [2.45, 2.75) is 90.6 Å². The molecule has 0 saturated carbocycles. The largest absolute Gasteiger partial charge is 0.342 e. The van der Waals surface area contributed by atoms with Gasteiger partial charge < -0.3 is 4.90 Å². The fraction of sp³-hybridized carbons (Fsp3) is 0.586. The zero-order chi connectivity index (χ0) is 24.1. The summed E-state index contributed by atoms with van der Waals surface area (Å²) in [4.78, 5) is 9.85. The number of anilines is 1. The molecule has 4 rings (SSSR count). The van der Waals surface area contributed by atoms with Gasteiger partial charge in [-0.2, -0.15) is 5.26 Å². The van der Waals surface area contributed by atoms with Crippen molar-refractivity contribution in [3.05, 3.63) is 41.0 Å². The van der Waals surface area contributed by atoms with Crippen molar-refractivity contribution >= 4 is 22.5 Å². The number of para-hydroxylation sites is 2. The van der Waals surface area contributed by atoms with Gasteiger partial charge in [-0.1, -0.05) is 64.0 Å². The molecule has 1 aliphatic heterocycles. The summed E-state index contributed by atoms with van der Waals surface area (Å²) in [5, 5.41) is 10.1. The summed E-state index contributed by atoms with van der Waals surface area (Å²) in [6.07, 6.45) is 14.2. The predicted octanol–water partition coefficient (Wildman–Crippen LogP) is 6.84. The van der Waals surface area contributed by atoms with E-state index in [4.69, 9.17) is 4.98 Å². The summed E-state index contributed by atoms with van der Waals surface area (Å²) in [6, 6.07) is 10.8. The minimum absolute atomic E-state index is 0.369. The van der Waals surface area contributed by atoms with Crippen LogP contribution in [0.1, 0.15) is 87.8 Å². The first-order valence-electron chi connectivity index (χ1n) is 13.3. The Kier molecular flexibility index (Phi) is 8.11. The van der Waals surface area contributed by atoms with Gasteiger partial charge in [-0.15, -0.1) is 0 Å². The lowest BCUT2D eigenvalue weighted by atomic mass is 9.97. The predicted molar refractivity (Wildman–Crippen MR) is 143 cm³/mol. The van der Waals surface area contributed by atoms with E-state index < -0.39 is 0 Å². The van der Waals surface area contributed by atoms with E-state index >= 15 is 0 Å². The highest BCUT2D eigenvalue weighted by Crippen LogP contribution is 2.37. The highest BCUT2D eigenvalue weighted by molar-refractivity contribution is 5.86. The Bertz CT molecular complexity index is 1150. The first kappa shape index (κ1) is 24.5. The molecule has 0 amide bonds. The van der Waals surface area contributed by atoms with Crippen molar-refractivity contribution in [3.63, 3.8) is 0 Å². The highest BCUT2D eigenvalue weighted by Gasteiger charge is 2.32. The number of nitrogens with zero attached hydrogens (tertiary/aromatic N) is 5. The third-order valence-electron chi connectivity index (χ3n) is 7.58. The number of nitriles is 1. The summed E-state index contributed by atoms with van der Waals surface area (Å²) < 4.78 is 2.29. The maximum absolute atomic E-state index is 10.1. The second-order valence-electron chi connectivity index (χ2n) is 10.2. The van der Waals surface area contributed by atoms with Crippen molar-refractivity contribution in [1.82, 2.24) is 14.3 Å². The number of hydrogen-bond donors (Lipinski definition) is 0. The van der Waals surface area contributed by atoms with Gasteiger partial charge in [0.1, 0.15) is 11.9 Å². The number of rotatable bonds is 11. The van der Waals surface area contributed by atoms with E-state index in [0.29, 0.717) is 6.17 Å². The Morgan fingerprint density at radius 1 is 1.06 bits per heavy atom. The SMILES string of the molecule is CCCCCCCCCCc1c(C)c(C#N)c2nc3ccccc3n2c1N1CCCC1N(C)C. The molecule has 1 aromatic carbocycles. The van der Waals surface area contributed by atoms with Gasteiger partial charge in [-0.3, -0.25) is 9.30 Å². The molecule has 0 spiro atoms. The molecule has 0 aliphatic carbocycles. The smallest absolute Gasteiger partial charge is 0.157 e. The number of hydrogen-bond acceptors (Lipinski definition) is 4. The van der Waals surface area contributed by atoms with Crippen LogP contribution in [0.2, 0.25) is 0 Å². The van der Waals surface area contributed by atoms with Crippen LogP contribution < -0.4 is 4.90 Å². The Balaban J connectivity index is 1.73. The van der Waals surface area contributed by atoms with Crippen LogP contribution in [-0.4, -0.2) is 41.1 Å². The van der Waals surface area contributed by atoms with Crippen LogP contribution >= 0.6 is 0 Å². The second-order valence-corrected chi connectivity index (χ2v) is 10.2.